The quantitative estimate of drug-likeness (QED) is 0.0261. The Bertz CT molecular complexity index is 1280. The Morgan fingerprint density at radius 1 is 0.423 bits per heavy atom. The molecule has 7 unspecified atom stereocenters. The smallest absolute Gasteiger partial charge is 0.220 e. The molecule has 1 rings (SSSR count). The molecule has 6 N–H and O–H groups in total. The molecule has 0 spiro atoms. The normalized spacial score (nSPS) is 18.7. The van der Waals surface area contributed by atoms with Gasteiger partial charge < -0.3 is 40.3 Å². The number of aliphatic hydroxyl groups is 5. The van der Waals surface area contributed by atoms with Gasteiger partial charge in [-0.1, -0.05) is 327 Å². The van der Waals surface area contributed by atoms with Gasteiger partial charge in [0.25, 0.3) is 0 Å². The van der Waals surface area contributed by atoms with Crippen molar-refractivity contribution in [2.75, 3.05) is 13.2 Å². The number of rotatable bonds is 61. The fourth-order valence-corrected chi connectivity index (χ4v) is 11.3. The first-order valence-electron chi connectivity index (χ1n) is 34.6. The van der Waals surface area contributed by atoms with Crippen molar-refractivity contribution in [3.63, 3.8) is 0 Å². The van der Waals surface area contributed by atoms with Gasteiger partial charge in [-0.15, -0.1) is 0 Å². The molecule has 1 amide bonds. The average molecular weight is 1100 g/mol. The van der Waals surface area contributed by atoms with E-state index in [0.717, 1.165) is 38.5 Å². The van der Waals surface area contributed by atoms with Gasteiger partial charge in [0.2, 0.25) is 5.91 Å². The lowest BCUT2D eigenvalue weighted by Gasteiger charge is -2.40. The Hall–Kier alpha value is -1.33. The van der Waals surface area contributed by atoms with Gasteiger partial charge in [0, 0.05) is 6.42 Å². The van der Waals surface area contributed by atoms with Crippen molar-refractivity contribution < 1.29 is 39.8 Å². The number of allylic oxidation sites excluding steroid dienone is 3. The first-order valence-corrected chi connectivity index (χ1v) is 34.6. The highest BCUT2D eigenvalue weighted by Crippen LogP contribution is 2.23. The predicted octanol–water partition coefficient (Wildman–Crippen LogP) is 18.5. The van der Waals surface area contributed by atoms with Crippen LogP contribution < -0.4 is 5.32 Å². The standard InChI is InChI=1S/C69H133NO8/c1-3-5-7-9-11-13-15-17-19-21-23-24-25-26-27-28-29-30-31-32-33-34-35-36-37-38-39-40-41-43-45-47-49-51-53-55-57-59-65(73)70-62(61-77-69-68(76)67(75)66(74)64(60-71)78-69)63(72)58-56-54-52-50-48-46-44-42-22-20-18-16-14-12-10-8-6-4-2/h30-31,56,58,62-64,66-69,71-72,74-76H,3-29,32-55,57,59-61H2,1-2H3,(H,70,73)/b31-30-,58-56+. The van der Waals surface area contributed by atoms with E-state index in [1.54, 1.807) is 6.08 Å². The minimum Gasteiger partial charge on any atom is -0.394 e. The molecule has 0 aromatic carbocycles. The number of aliphatic hydroxyl groups excluding tert-OH is 5. The molecule has 1 aliphatic heterocycles. The fourth-order valence-electron chi connectivity index (χ4n) is 11.3. The number of nitrogens with one attached hydrogen (secondary N) is 1. The molecule has 462 valence electrons. The van der Waals surface area contributed by atoms with Crippen LogP contribution in [0.4, 0.5) is 0 Å². The monoisotopic (exact) mass is 1100 g/mol. The molecule has 1 aliphatic rings. The number of carbonyl (C=O) groups excluding carboxylic acids is 1. The zero-order chi connectivity index (χ0) is 56.5. The highest BCUT2D eigenvalue weighted by molar-refractivity contribution is 5.76. The number of ether oxygens (including phenoxy) is 2. The van der Waals surface area contributed by atoms with Gasteiger partial charge in [-0.2, -0.15) is 0 Å². The summed E-state index contributed by atoms with van der Waals surface area (Å²) < 4.78 is 11.3. The largest absolute Gasteiger partial charge is 0.394 e. The van der Waals surface area contributed by atoms with Crippen molar-refractivity contribution in [1.29, 1.82) is 0 Å². The van der Waals surface area contributed by atoms with Crippen LogP contribution in [0.5, 0.6) is 0 Å². The van der Waals surface area contributed by atoms with Gasteiger partial charge in [0.1, 0.15) is 24.4 Å². The third kappa shape index (κ3) is 47.2. The molecule has 0 aromatic rings. The first kappa shape index (κ1) is 74.7. The second-order valence-corrected chi connectivity index (χ2v) is 24.3. The number of amides is 1. The van der Waals surface area contributed by atoms with Crippen molar-refractivity contribution in [3.8, 4) is 0 Å². The maximum absolute atomic E-state index is 13.1. The third-order valence-corrected chi connectivity index (χ3v) is 16.8. The molecule has 9 nitrogen and oxygen atoms in total. The summed E-state index contributed by atoms with van der Waals surface area (Å²) >= 11 is 0. The van der Waals surface area contributed by atoms with Gasteiger partial charge in [-0.3, -0.25) is 4.79 Å². The number of carbonyl (C=O) groups is 1. The molecule has 78 heavy (non-hydrogen) atoms. The van der Waals surface area contributed by atoms with Gasteiger partial charge in [0.05, 0.1) is 25.4 Å². The van der Waals surface area contributed by atoms with E-state index in [4.69, 9.17) is 9.47 Å². The van der Waals surface area contributed by atoms with E-state index in [9.17, 15) is 30.3 Å². The van der Waals surface area contributed by atoms with Crippen LogP contribution in [0, 0.1) is 0 Å². The lowest BCUT2D eigenvalue weighted by Crippen LogP contribution is -2.60. The molecule has 9 heteroatoms. The number of hydrogen-bond donors (Lipinski definition) is 6. The zero-order valence-corrected chi connectivity index (χ0v) is 51.7. The molecule has 0 saturated carbocycles. The zero-order valence-electron chi connectivity index (χ0n) is 51.7. The van der Waals surface area contributed by atoms with Crippen LogP contribution in [0.3, 0.4) is 0 Å². The van der Waals surface area contributed by atoms with Crippen LogP contribution >= 0.6 is 0 Å². The second-order valence-electron chi connectivity index (χ2n) is 24.3. The summed E-state index contributed by atoms with van der Waals surface area (Å²) in [6.45, 7) is 3.83. The van der Waals surface area contributed by atoms with Crippen LogP contribution in [0.1, 0.15) is 354 Å². The van der Waals surface area contributed by atoms with Crippen LogP contribution in [0.15, 0.2) is 24.3 Å². The summed E-state index contributed by atoms with van der Waals surface area (Å²) in [4.78, 5) is 13.1. The van der Waals surface area contributed by atoms with E-state index in [1.807, 2.05) is 6.08 Å². The Labute approximate surface area is 483 Å². The highest BCUT2D eigenvalue weighted by atomic mass is 16.7. The van der Waals surface area contributed by atoms with E-state index in [1.165, 1.54) is 295 Å². The molecular weight excluding hydrogens is 971 g/mol. The van der Waals surface area contributed by atoms with Crippen LogP contribution in [0.2, 0.25) is 0 Å². The highest BCUT2D eigenvalue weighted by Gasteiger charge is 2.44. The second kappa shape index (κ2) is 58.9. The SMILES string of the molecule is CCCCCCCCCCCCCCCCCC/C=C\CCCCCCCCCCCCCCCCCCCC(=O)NC(COC1OC(CO)C(O)C(O)C1O)C(O)/C=C/CCCCCCCCCCCCCCCCCC. The molecule has 0 aliphatic carbocycles. The molecule has 1 fully saturated rings. The van der Waals surface area contributed by atoms with Gasteiger partial charge in [0.15, 0.2) is 6.29 Å². The van der Waals surface area contributed by atoms with Crippen molar-refractivity contribution >= 4 is 5.91 Å². The van der Waals surface area contributed by atoms with E-state index in [0.29, 0.717) is 6.42 Å². The first-order chi connectivity index (χ1) is 38.3. The lowest BCUT2D eigenvalue weighted by atomic mass is 9.99. The summed E-state index contributed by atoms with van der Waals surface area (Å²) in [6, 6.07) is -0.803. The average Bonchev–Trinajstić information content (AvgIpc) is 3.45. The summed E-state index contributed by atoms with van der Waals surface area (Å²) in [7, 11) is 0. The van der Waals surface area contributed by atoms with Gasteiger partial charge >= 0.3 is 0 Å². The number of hydrogen-bond acceptors (Lipinski definition) is 8. The summed E-state index contributed by atoms with van der Waals surface area (Å²) in [5.41, 5.74) is 0. The van der Waals surface area contributed by atoms with Crippen LogP contribution in [0.25, 0.3) is 0 Å². The summed E-state index contributed by atoms with van der Waals surface area (Å²) in [5, 5.41) is 54.7. The Kier molecular flexibility index (Phi) is 56.3. The van der Waals surface area contributed by atoms with Crippen molar-refractivity contribution in [2.24, 2.45) is 0 Å². The Balaban J connectivity index is 2.07. The lowest BCUT2D eigenvalue weighted by molar-refractivity contribution is -0.302. The fraction of sp³-hybridized carbons (Fsp3) is 0.928. The third-order valence-electron chi connectivity index (χ3n) is 16.8. The van der Waals surface area contributed by atoms with E-state index in [-0.39, 0.29) is 12.5 Å². The van der Waals surface area contributed by atoms with Crippen molar-refractivity contribution in [3.05, 3.63) is 24.3 Å². The van der Waals surface area contributed by atoms with Crippen molar-refractivity contribution in [2.45, 2.75) is 397 Å². The Morgan fingerprint density at radius 3 is 1.04 bits per heavy atom. The topological polar surface area (TPSA) is 149 Å². The minimum absolute atomic E-state index is 0.170. The molecule has 7 atom stereocenters. The molecular formula is C69H133NO8. The van der Waals surface area contributed by atoms with Gasteiger partial charge in [-0.05, 0) is 44.9 Å². The van der Waals surface area contributed by atoms with Crippen molar-refractivity contribution in [1.82, 2.24) is 5.32 Å². The molecule has 0 aromatic heterocycles. The van der Waals surface area contributed by atoms with Crippen LogP contribution in [-0.2, 0) is 14.3 Å². The Morgan fingerprint density at radius 2 is 0.718 bits per heavy atom. The maximum Gasteiger partial charge on any atom is 0.220 e. The van der Waals surface area contributed by atoms with Gasteiger partial charge in [-0.25, -0.2) is 0 Å². The maximum atomic E-state index is 13.1. The van der Waals surface area contributed by atoms with Crippen LogP contribution in [-0.4, -0.2) is 87.5 Å². The summed E-state index contributed by atoms with van der Waals surface area (Å²) in [5.74, 6) is -0.170. The minimum atomic E-state index is -1.57. The summed E-state index contributed by atoms with van der Waals surface area (Å²) in [6.07, 6.45) is 70.1. The molecule has 1 saturated heterocycles. The molecule has 0 radical (unpaired) electrons. The molecule has 1 heterocycles. The number of unbranched alkanes of at least 4 members (excludes halogenated alkanes) is 49. The molecule has 0 bridgehead atoms. The van der Waals surface area contributed by atoms with E-state index < -0.39 is 49.5 Å². The van der Waals surface area contributed by atoms with E-state index >= 15 is 0 Å². The van der Waals surface area contributed by atoms with E-state index in [2.05, 4.69) is 31.3 Å². The predicted molar refractivity (Wildman–Crippen MR) is 332 cm³/mol.